The van der Waals surface area contributed by atoms with E-state index >= 15 is 0 Å². The SMILES string of the molecule is CCOCCN(CC)C(C)C(=O)Nc1ccc(Cl)c(N)c1. The molecule has 3 N–H and O–H groups in total. The van der Waals surface area contributed by atoms with Crippen LogP contribution in [0, 0.1) is 0 Å². The molecule has 0 bridgehead atoms. The Morgan fingerprint density at radius 2 is 2.19 bits per heavy atom. The normalized spacial score (nSPS) is 12.4. The predicted octanol–water partition coefficient (Wildman–Crippen LogP) is 2.61. The third-order valence-electron chi connectivity index (χ3n) is 3.32. The molecule has 0 spiro atoms. The van der Waals surface area contributed by atoms with Crippen molar-refractivity contribution in [3.63, 3.8) is 0 Å². The van der Waals surface area contributed by atoms with Crippen molar-refractivity contribution in [1.82, 2.24) is 4.90 Å². The van der Waals surface area contributed by atoms with Crippen molar-refractivity contribution in [3.05, 3.63) is 23.2 Å². The first-order valence-corrected chi connectivity index (χ1v) is 7.55. The fourth-order valence-corrected chi connectivity index (χ4v) is 2.10. The number of nitrogen functional groups attached to an aromatic ring is 1. The van der Waals surface area contributed by atoms with Crippen LogP contribution in [0.3, 0.4) is 0 Å². The van der Waals surface area contributed by atoms with Crippen LogP contribution in [-0.4, -0.2) is 43.2 Å². The van der Waals surface area contributed by atoms with Gasteiger partial charge in [0.25, 0.3) is 0 Å². The number of amides is 1. The minimum atomic E-state index is -0.243. The number of ether oxygens (including phenoxy) is 1. The second-order valence-electron chi connectivity index (χ2n) is 4.73. The standard InChI is InChI=1S/C15H24ClN3O2/c1-4-19(8-9-21-5-2)11(3)15(20)18-12-6-7-13(16)14(17)10-12/h6-7,10-11H,4-5,8-9,17H2,1-3H3,(H,18,20). The van der Waals surface area contributed by atoms with Gasteiger partial charge in [-0.2, -0.15) is 0 Å². The van der Waals surface area contributed by atoms with Crippen LogP contribution >= 0.6 is 11.6 Å². The second-order valence-corrected chi connectivity index (χ2v) is 5.13. The third kappa shape index (κ3) is 5.53. The van der Waals surface area contributed by atoms with Gasteiger partial charge in [-0.3, -0.25) is 9.69 Å². The molecular weight excluding hydrogens is 290 g/mol. The van der Waals surface area contributed by atoms with Crippen LogP contribution in [0.4, 0.5) is 11.4 Å². The number of benzene rings is 1. The van der Waals surface area contributed by atoms with E-state index in [1.54, 1.807) is 18.2 Å². The predicted molar refractivity (Wildman–Crippen MR) is 87.7 cm³/mol. The number of hydrogen-bond acceptors (Lipinski definition) is 4. The highest BCUT2D eigenvalue weighted by Crippen LogP contribution is 2.22. The molecule has 1 unspecified atom stereocenters. The van der Waals surface area contributed by atoms with Gasteiger partial charge in [-0.05, 0) is 38.6 Å². The highest BCUT2D eigenvalue weighted by Gasteiger charge is 2.20. The largest absolute Gasteiger partial charge is 0.397 e. The van der Waals surface area contributed by atoms with Crippen molar-refractivity contribution in [1.29, 1.82) is 0 Å². The topological polar surface area (TPSA) is 67.6 Å². The average molecular weight is 314 g/mol. The molecule has 0 aliphatic heterocycles. The zero-order chi connectivity index (χ0) is 15.8. The van der Waals surface area contributed by atoms with E-state index in [2.05, 4.69) is 10.2 Å². The number of carbonyl (C=O) groups is 1. The van der Waals surface area contributed by atoms with E-state index in [-0.39, 0.29) is 11.9 Å². The summed E-state index contributed by atoms with van der Waals surface area (Å²) in [6.45, 7) is 8.67. The summed E-state index contributed by atoms with van der Waals surface area (Å²) in [6.07, 6.45) is 0. The van der Waals surface area contributed by atoms with E-state index in [9.17, 15) is 4.79 Å². The minimum Gasteiger partial charge on any atom is -0.397 e. The Hall–Kier alpha value is -1.30. The Morgan fingerprint density at radius 1 is 1.48 bits per heavy atom. The number of carbonyl (C=O) groups excluding carboxylic acids is 1. The Kier molecular flexibility index (Phi) is 7.50. The third-order valence-corrected chi connectivity index (χ3v) is 3.67. The first-order chi connectivity index (χ1) is 9.99. The summed E-state index contributed by atoms with van der Waals surface area (Å²) >= 11 is 5.86. The zero-order valence-electron chi connectivity index (χ0n) is 12.9. The molecule has 0 fully saturated rings. The van der Waals surface area contributed by atoms with Gasteiger partial charge in [-0.25, -0.2) is 0 Å². The first-order valence-electron chi connectivity index (χ1n) is 7.17. The molecule has 0 aliphatic carbocycles. The zero-order valence-corrected chi connectivity index (χ0v) is 13.6. The summed E-state index contributed by atoms with van der Waals surface area (Å²) in [6, 6.07) is 4.82. The Bertz CT molecular complexity index is 468. The van der Waals surface area contributed by atoms with E-state index in [4.69, 9.17) is 22.1 Å². The Morgan fingerprint density at radius 3 is 2.76 bits per heavy atom. The van der Waals surface area contributed by atoms with Gasteiger partial charge in [0.05, 0.1) is 23.4 Å². The number of rotatable bonds is 8. The maximum Gasteiger partial charge on any atom is 0.241 e. The molecule has 1 amide bonds. The quantitative estimate of drug-likeness (QED) is 0.572. The molecule has 1 aromatic rings. The maximum atomic E-state index is 12.3. The Labute approximate surface area is 131 Å². The van der Waals surface area contributed by atoms with Crippen LogP contribution in [0.2, 0.25) is 5.02 Å². The molecular formula is C15H24ClN3O2. The van der Waals surface area contributed by atoms with Crippen molar-refractivity contribution < 1.29 is 9.53 Å². The molecule has 0 heterocycles. The lowest BCUT2D eigenvalue weighted by molar-refractivity contribution is -0.120. The van der Waals surface area contributed by atoms with Gasteiger partial charge in [0, 0.05) is 18.8 Å². The monoisotopic (exact) mass is 313 g/mol. The van der Waals surface area contributed by atoms with Gasteiger partial charge < -0.3 is 15.8 Å². The fraction of sp³-hybridized carbons (Fsp3) is 0.533. The van der Waals surface area contributed by atoms with Crippen LogP contribution in [0.5, 0.6) is 0 Å². The van der Waals surface area contributed by atoms with Gasteiger partial charge in [-0.1, -0.05) is 18.5 Å². The van der Waals surface area contributed by atoms with Crippen LogP contribution in [0.1, 0.15) is 20.8 Å². The fourth-order valence-electron chi connectivity index (χ4n) is 1.99. The van der Waals surface area contributed by atoms with Gasteiger partial charge in [0.2, 0.25) is 5.91 Å². The van der Waals surface area contributed by atoms with E-state index < -0.39 is 0 Å². The molecule has 1 rings (SSSR count). The summed E-state index contributed by atoms with van der Waals surface area (Å²) in [5, 5.41) is 3.33. The van der Waals surface area contributed by atoms with Crippen LogP contribution in [0.25, 0.3) is 0 Å². The number of halogens is 1. The van der Waals surface area contributed by atoms with Gasteiger partial charge in [0.1, 0.15) is 0 Å². The lowest BCUT2D eigenvalue weighted by Crippen LogP contribution is -2.43. The Balaban J connectivity index is 2.61. The highest BCUT2D eigenvalue weighted by atomic mass is 35.5. The van der Waals surface area contributed by atoms with Crippen molar-refractivity contribution in [3.8, 4) is 0 Å². The number of nitrogens with two attached hydrogens (primary N) is 1. The van der Waals surface area contributed by atoms with Gasteiger partial charge >= 0.3 is 0 Å². The summed E-state index contributed by atoms with van der Waals surface area (Å²) in [5.74, 6) is -0.0740. The van der Waals surface area contributed by atoms with Crippen molar-refractivity contribution in [2.24, 2.45) is 0 Å². The molecule has 0 radical (unpaired) electrons. The first kappa shape index (κ1) is 17.8. The van der Waals surface area contributed by atoms with Crippen molar-refractivity contribution in [2.45, 2.75) is 26.8 Å². The second kappa shape index (κ2) is 8.87. The number of anilines is 2. The number of nitrogens with one attached hydrogen (secondary N) is 1. The molecule has 0 aliphatic rings. The highest BCUT2D eigenvalue weighted by molar-refractivity contribution is 6.33. The van der Waals surface area contributed by atoms with E-state index in [0.717, 1.165) is 13.1 Å². The van der Waals surface area contributed by atoms with Gasteiger partial charge in [0.15, 0.2) is 0 Å². The smallest absolute Gasteiger partial charge is 0.241 e. The number of likely N-dealkylation sites (N-methyl/N-ethyl adjacent to an activating group) is 1. The van der Waals surface area contributed by atoms with Gasteiger partial charge in [-0.15, -0.1) is 0 Å². The molecule has 21 heavy (non-hydrogen) atoms. The number of hydrogen-bond donors (Lipinski definition) is 2. The van der Waals surface area contributed by atoms with E-state index in [1.807, 2.05) is 20.8 Å². The summed E-state index contributed by atoms with van der Waals surface area (Å²) in [7, 11) is 0. The molecule has 0 saturated heterocycles. The molecule has 6 heteroatoms. The molecule has 0 aromatic heterocycles. The summed E-state index contributed by atoms with van der Waals surface area (Å²) in [5.41, 5.74) is 6.83. The number of nitrogens with zero attached hydrogens (tertiary/aromatic N) is 1. The van der Waals surface area contributed by atoms with Crippen molar-refractivity contribution >= 4 is 28.9 Å². The minimum absolute atomic E-state index is 0.0740. The summed E-state index contributed by atoms with van der Waals surface area (Å²) < 4.78 is 5.34. The molecule has 118 valence electrons. The lowest BCUT2D eigenvalue weighted by Gasteiger charge is -2.26. The molecule has 5 nitrogen and oxygen atoms in total. The molecule has 0 saturated carbocycles. The lowest BCUT2D eigenvalue weighted by atomic mass is 10.2. The maximum absolute atomic E-state index is 12.3. The van der Waals surface area contributed by atoms with E-state index in [0.29, 0.717) is 29.6 Å². The van der Waals surface area contributed by atoms with E-state index in [1.165, 1.54) is 0 Å². The molecule has 1 atom stereocenters. The van der Waals surface area contributed by atoms with Crippen molar-refractivity contribution in [2.75, 3.05) is 37.4 Å². The molecule has 1 aromatic carbocycles. The van der Waals surface area contributed by atoms with Crippen LogP contribution < -0.4 is 11.1 Å². The van der Waals surface area contributed by atoms with Crippen LogP contribution in [-0.2, 0) is 9.53 Å². The summed E-state index contributed by atoms with van der Waals surface area (Å²) in [4.78, 5) is 14.3. The average Bonchev–Trinajstić information content (AvgIpc) is 2.47. The van der Waals surface area contributed by atoms with Crippen LogP contribution in [0.15, 0.2) is 18.2 Å².